The van der Waals surface area contributed by atoms with Crippen LogP contribution < -0.4 is 0 Å². The van der Waals surface area contributed by atoms with Crippen LogP contribution in [-0.4, -0.2) is 91.2 Å². The van der Waals surface area contributed by atoms with Gasteiger partial charge in [0.2, 0.25) is 5.76 Å². The first-order valence-corrected chi connectivity index (χ1v) is 14.7. The van der Waals surface area contributed by atoms with E-state index in [0.717, 1.165) is 43.6 Å². The van der Waals surface area contributed by atoms with Gasteiger partial charge >= 0.3 is 5.97 Å². The minimum absolute atomic E-state index is 0.0488. The fourth-order valence-corrected chi connectivity index (χ4v) is 6.43. The van der Waals surface area contributed by atoms with Gasteiger partial charge in [-0.1, -0.05) is 13.8 Å². The van der Waals surface area contributed by atoms with Crippen LogP contribution >= 0.6 is 0 Å². The summed E-state index contributed by atoms with van der Waals surface area (Å²) in [4.78, 5) is 27.8. The molecule has 0 bridgehead atoms. The van der Waals surface area contributed by atoms with Crippen LogP contribution in [0.25, 0.3) is 0 Å². The molecule has 2 saturated heterocycles. The summed E-state index contributed by atoms with van der Waals surface area (Å²) in [5.74, 6) is 2.20. The Kier molecular flexibility index (Phi) is 9.07. The molecule has 0 saturated carbocycles. The molecule has 3 aromatic heterocycles. The number of aromatic nitrogens is 4. The third-order valence-corrected chi connectivity index (χ3v) is 8.56. The highest BCUT2D eigenvalue weighted by Crippen LogP contribution is 2.40. The zero-order chi connectivity index (χ0) is 28.1. The predicted octanol–water partition coefficient (Wildman–Crippen LogP) is 3.89. The summed E-state index contributed by atoms with van der Waals surface area (Å²) >= 11 is 0. The van der Waals surface area contributed by atoms with Crippen molar-refractivity contribution in [2.24, 2.45) is 11.3 Å². The number of imidazole rings is 2. The summed E-state index contributed by atoms with van der Waals surface area (Å²) in [7, 11) is 2.07. The Bertz CT molecular complexity index is 1240. The lowest BCUT2D eigenvalue weighted by atomic mass is 9.77. The topological polar surface area (TPSA) is 95.8 Å². The van der Waals surface area contributed by atoms with Crippen molar-refractivity contribution in [1.29, 1.82) is 0 Å². The molecule has 218 valence electrons. The number of aryl methyl sites for hydroxylation is 1. The van der Waals surface area contributed by atoms with Crippen molar-refractivity contribution >= 4 is 5.97 Å². The van der Waals surface area contributed by atoms with Gasteiger partial charge in [0.25, 0.3) is 0 Å². The van der Waals surface area contributed by atoms with Gasteiger partial charge in [0, 0.05) is 44.4 Å². The summed E-state index contributed by atoms with van der Waals surface area (Å²) < 4.78 is 9.70. The number of carbonyl (C=O) groups is 1. The average Bonchev–Trinajstić information content (AvgIpc) is 3.71. The molecule has 0 radical (unpaired) electrons. The van der Waals surface area contributed by atoms with Gasteiger partial charge in [0.15, 0.2) is 0 Å². The second-order valence-corrected chi connectivity index (χ2v) is 12.3. The third-order valence-electron chi connectivity index (χ3n) is 8.56. The highest BCUT2D eigenvalue weighted by Gasteiger charge is 2.40. The molecule has 3 aromatic rings. The lowest BCUT2D eigenvalue weighted by molar-refractivity contribution is 0.0660. The molecule has 0 aromatic carbocycles. The number of piperidine rings is 1. The lowest BCUT2D eigenvalue weighted by Gasteiger charge is -2.40. The van der Waals surface area contributed by atoms with Gasteiger partial charge in [-0.15, -0.1) is 0 Å². The SMILES string of the molecule is CC(C)CN1CCC2(CC1)CCN(CCCn1ccnc1CN(C)Cc1nccn1Cc1ccc(C(=O)O)o1)C2. The number of hydrogen-bond acceptors (Lipinski definition) is 7. The molecule has 0 unspecified atom stereocenters. The van der Waals surface area contributed by atoms with Crippen LogP contribution in [0.2, 0.25) is 0 Å². The van der Waals surface area contributed by atoms with Crippen LogP contribution in [0.15, 0.2) is 41.3 Å². The minimum Gasteiger partial charge on any atom is -0.475 e. The quantitative estimate of drug-likeness (QED) is 0.342. The van der Waals surface area contributed by atoms with Crippen molar-refractivity contribution < 1.29 is 14.3 Å². The van der Waals surface area contributed by atoms with Crippen LogP contribution in [-0.2, 0) is 26.2 Å². The van der Waals surface area contributed by atoms with Gasteiger partial charge in [0.05, 0.1) is 19.6 Å². The number of aromatic carboxylic acids is 1. The molecule has 2 fully saturated rings. The molecular formula is C30H45N7O3. The van der Waals surface area contributed by atoms with E-state index in [-0.39, 0.29) is 5.76 Å². The van der Waals surface area contributed by atoms with Gasteiger partial charge in [0.1, 0.15) is 17.4 Å². The second kappa shape index (κ2) is 12.7. The minimum atomic E-state index is -1.06. The fraction of sp³-hybridized carbons (Fsp3) is 0.633. The number of carboxylic acid groups (broad SMARTS) is 1. The van der Waals surface area contributed by atoms with Gasteiger partial charge in [-0.05, 0) is 82.4 Å². The largest absolute Gasteiger partial charge is 0.475 e. The molecular weight excluding hydrogens is 506 g/mol. The molecule has 2 aliphatic rings. The van der Waals surface area contributed by atoms with E-state index < -0.39 is 5.97 Å². The number of likely N-dealkylation sites (tertiary alicyclic amines) is 2. The van der Waals surface area contributed by atoms with Crippen molar-refractivity contribution in [3.05, 3.63) is 60.1 Å². The summed E-state index contributed by atoms with van der Waals surface area (Å²) in [5.41, 5.74) is 0.553. The van der Waals surface area contributed by atoms with Crippen LogP contribution in [0, 0.1) is 11.3 Å². The highest BCUT2D eigenvalue weighted by atomic mass is 16.4. The number of furan rings is 1. The molecule has 1 N–H and O–H groups in total. The Labute approximate surface area is 237 Å². The van der Waals surface area contributed by atoms with Crippen molar-refractivity contribution in [1.82, 2.24) is 33.8 Å². The molecule has 5 rings (SSSR count). The zero-order valence-electron chi connectivity index (χ0n) is 24.3. The molecule has 10 heteroatoms. The monoisotopic (exact) mass is 551 g/mol. The number of hydrogen-bond donors (Lipinski definition) is 1. The van der Waals surface area contributed by atoms with Crippen molar-refractivity contribution in [2.45, 2.75) is 65.7 Å². The van der Waals surface area contributed by atoms with E-state index in [1.807, 2.05) is 17.0 Å². The van der Waals surface area contributed by atoms with Crippen molar-refractivity contribution in [2.75, 3.05) is 46.3 Å². The molecule has 10 nitrogen and oxygen atoms in total. The summed E-state index contributed by atoms with van der Waals surface area (Å²) in [6, 6.07) is 3.19. The predicted molar refractivity (Wildman–Crippen MR) is 153 cm³/mol. The fourth-order valence-electron chi connectivity index (χ4n) is 6.43. The molecule has 0 aliphatic carbocycles. The summed E-state index contributed by atoms with van der Waals surface area (Å²) in [5, 5.41) is 9.10. The van der Waals surface area contributed by atoms with Crippen LogP contribution in [0.1, 0.15) is 67.5 Å². The van der Waals surface area contributed by atoms with Gasteiger partial charge < -0.3 is 28.5 Å². The standard InChI is InChI=1S/C30H45N7O3/c1-24(2)19-34-14-7-30(8-15-34)9-16-35(23-30)12-4-13-36-17-10-31-27(36)21-33(3)22-28-32-11-18-37(28)20-25-5-6-26(40-25)29(38)39/h5-6,10-11,17-18,24H,4,7-9,12-16,19-23H2,1-3H3,(H,38,39). The maximum atomic E-state index is 11.1. The summed E-state index contributed by atoms with van der Waals surface area (Å²) in [6.07, 6.45) is 12.9. The molecule has 0 amide bonds. The van der Waals surface area contributed by atoms with Crippen molar-refractivity contribution in [3.63, 3.8) is 0 Å². The van der Waals surface area contributed by atoms with E-state index in [0.29, 0.717) is 24.3 Å². The second-order valence-electron chi connectivity index (χ2n) is 12.3. The zero-order valence-corrected chi connectivity index (χ0v) is 24.3. The van der Waals surface area contributed by atoms with Gasteiger partial charge in [-0.25, -0.2) is 14.8 Å². The van der Waals surface area contributed by atoms with Crippen LogP contribution in [0.5, 0.6) is 0 Å². The van der Waals surface area contributed by atoms with E-state index in [2.05, 4.69) is 56.3 Å². The average molecular weight is 552 g/mol. The molecule has 5 heterocycles. The van der Waals surface area contributed by atoms with E-state index in [1.165, 1.54) is 58.1 Å². The third kappa shape index (κ3) is 7.21. The van der Waals surface area contributed by atoms with Gasteiger partial charge in [-0.2, -0.15) is 0 Å². The van der Waals surface area contributed by atoms with E-state index in [4.69, 9.17) is 9.52 Å². The maximum absolute atomic E-state index is 11.1. The maximum Gasteiger partial charge on any atom is 0.371 e. The normalized spacial score (nSPS) is 18.0. The first-order valence-electron chi connectivity index (χ1n) is 14.7. The van der Waals surface area contributed by atoms with Gasteiger partial charge in [-0.3, -0.25) is 4.90 Å². The Balaban J connectivity index is 1.06. The molecule has 40 heavy (non-hydrogen) atoms. The first kappa shape index (κ1) is 28.6. The van der Waals surface area contributed by atoms with Crippen LogP contribution in [0.3, 0.4) is 0 Å². The van der Waals surface area contributed by atoms with E-state index >= 15 is 0 Å². The Hall–Kier alpha value is -2.95. The number of rotatable bonds is 13. The first-order chi connectivity index (χ1) is 19.3. The molecule has 0 atom stereocenters. The Morgan fingerprint density at radius 3 is 2.30 bits per heavy atom. The highest BCUT2D eigenvalue weighted by molar-refractivity contribution is 5.84. The van der Waals surface area contributed by atoms with Crippen molar-refractivity contribution in [3.8, 4) is 0 Å². The summed E-state index contributed by atoms with van der Waals surface area (Å²) in [6.45, 7) is 14.9. The van der Waals surface area contributed by atoms with E-state index in [9.17, 15) is 4.79 Å². The number of carboxylic acids is 1. The van der Waals surface area contributed by atoms with Crippen LogP contribution in [0.4, 0.5) is 0 Å². The molecule has 2 aliphatic heterocycles. The van der Waals surface area contributed by atoms with E-state index in [1.54, 1.807) is 12.3 Å². The molecule has 1 spiro atoms. The Morgan fingerprint density at radius 2 is 1.65 bits per heavy atom. The lowest BCUT2D eigenvalue weighted by Crippen LogP contribution is -2.42. The Morgan fingerprint density at radius 1 is 1.00 bits per heavy atom. The smallest absolute Gasteiger partial charge is 0.371 e. The number of nitrogens with zero attached hydrogens (tertiary/aromatic N) is 7.